The predicted molar refractivity (Wildman–Crippen MR) is 75.6 cm³/mol. The van der Waals surface area contributed by atoms with Crippen molar-refractivity contribution in [2.45, 2.75) is 19.5 Å². The van der Waals surface area contributed by atoms with Crippen LogP contribution in [0.2, 0.25) is 0 Å². The Morgan fingerprint density at radius 3 is 3.14 bits per heavy atom. The number of aromatic nitrogens is 4. The quantitative estimate of drug-likeness (QED) is 0.882. The average molecular weight is 287 g/mol. The van der Waals surface area contributed by atoms with Crippen LogP contribution in [0.3, 0.4) is 0 Å². The van der Waals surface area contributed by atoms with Crippen LogP contribution in [0.5, 0.6) is 0 Å². The Labute approximate surface area is 122 Å². The zero-order valence-electron chi connectivity index (χ0n) is 11.8. The van der Waals surface area contributed by atoms with Gasteiger partial charge in [0.05, 0.1) is 30.6 Å². The van der Waals surface area contributed by atoms with Gasteiger partial charge in [-0.15, -0.1) is 0 Å². The number of aryl methyl sites for hydroxylation is 1. The first kappa shape index (κ1) is 13.8. The summed E-state index contributed by atoms with van der Waals surface area (Å²) >= 11 is 0. The molecule has 1 N–H and O–H groups in total. The largest absolute Gasteiger partial charge is 0.378 e. The van der Waals surface area contributed by atoms with Crippen LogP contribution in [0.4, 0.5) is 0 Å². The van der Waals surface area contributed by atoms with E-state index in [0.717, 1.165) is 17.9 Å². The summed E-state index contributed by atoms with van der Waals surface area (Å²) in [7, 11) is 0. The van der Waals surface area contributed by atoms with E-state index < -0.39 is 0 Å². The van der Waals surface area contributed by atoms with E-state index in [2.05, 4.69) is 24.8 Å². The molecule has 7 nitrogen and oxygen atoms in total. The van der Waals surface area contributed by atoms with Crippen molar-refractivity contribution in [2.24, 2.45) is 0 Å². The highest BCUT2D eigenvalue weighted by Gasteiger charge is 2.26. The summed E-state index contributed by atoms with van der Waals surface area (Å²) in [6.45, 7) is 4.40. The molecule has 2 aromatic rings. The Morgan fingerprint density at radius 2 is 2.38 bits per heavy atom. The maximum Gasteiger partial charge on any atom is 0.251 e. The number of hydrogen-bond donors (Lipinski definition) is 1. The van der Waals surface area contributed by atoms with Crippen molar-refractivity contribution in [1.82, 2.24) is 24.8 Å². The van der Waals surface area contributed by atoms with Crippen molar-refractivity contribution >= 4 is 0 Å². The fourth-order valence-corrected chi connectivity index (χ4v) is 2.49. The summed E-state index contributed by atoms with van der Waals surface area (Å²) in [5, 5.41) is 0. The first-order chi connectivity index (χ1) is 10.2. The number of morpholine rings is 1. The van der Waals surface area contributed by atoms with E-state index in [0.29, 0.717) is 25.6 Å². The second kappa shape index (κ2) is 6.11. The maximum atomic E-state index is 11.6. The summed E-state index contributed by atoms with van der Waals surface area (Å²) < 4.78 is 5.55. The fourth-order valence-electron chi connectivity index (χ4n) is 2.49. The van der Waals surface area contributed by atoms with Crippen LogP contribution in [-0.4, -0.2) is 44.6 Å². The molecule has 0 aromatic carbocycles. The number of aromatic amines is 1. The highest BCUT2D eigenvalue weighted by Crippen LogP contribution is 2.23. The molecule has 1 aliphatic rings. The molecule has 0 amide bonds. The lowest BCUT2D eigenvalue weighted by molar-refractivity contribution is -0.0149. The summed E-state index contributed by atoms with van der Waals surface area (Å²) in [6.07, 6.45) is 5.09. The lowest BCUT2D eigenvalue weighted by atomic mass is 10.1. The van der Waals surface area contributed by atoms with Gasteiger partial charge in [0, 0.05) is 37.7 Å². The van der Waals surface area contributed by atoms with Crippen LogP contribution in [-0.2, 0) is 11.3 Å². The van der Waals surface area contributed by atoms with E-state index >= 15 is 0 Å². The summed E-state index contributed by atoms with van der Waals surface area (Å²) in [5.41, 5.74) is 1.49. The van der Waals surface area contributed by atoms with Crippen LogP contribution < -0.4 is 5.56 Å². The van der Waals surface area contributed by atoms with Gasteiger partial charge < -0.3 is 9.72 Å². The van der Waals surface area contributed by atoms with Gasteiger partial charge in [-0.2, -0.15) is 0 Å². The number of nitrogens with one attached hydrogen (secondary N) is 1. The molecule has 1 saturated heterocycles. The molecule has 1 aliphatic heterocycles. The van der Waals surface area contributed by atoms with Crippen molar-refractivity contribution in [3.05, 3.63) is 52.2 Å². The number of hydrogen-bond acceptors (Lipinski definition) is 6. The highest BCUT2D eigenvalue weighted by molar-refractivity contribution is 5.10. The first-order valence-electron chi connectivity index (χ1n) is 6.87. The number of rotatable bonds is 3. The molecule has 1 atom stereocenters. The van der Waals surface area contributed by atoms with Gasteiger partial charge >= 0.3 is 0 Å². The van der Waals surface area contributed by atoms with Crippen molar-refractivity contribution in [2.75, 3.05) is 19.8 Å². The minimum Gasteiger partial charge on any atom is -0.378 e. The van der Waals surface area contributed by atoms with Gasteiger partial charge in [-0.1, -0.05) is 0 Å². The topological polar surface area (TPSA) is 84.0 Å². The summed E-state index contributed by atoms with van der Waals surface area (Å²) in [6, 6.07) is 1.50. The van der Waals surface area contributed by atoms with E-state index in [1.54, 1.807) is 25.5 Å². The van der Waals surface area contributed by atoms with E-state index in [-0.39, 0.29) is 11.6 Å². The van der Waals surface area contributed by atoms with Crippen molar-refractivity contribution in [1.29, 1.82) is 0 Å². The van der Waals surface area contributed by atoms with Gasteiger partial charge in [-0.05, 0) is 6.92 Å². The second-order valence-electron chi connectivity index (χ2n) is 5.01. The van der Waals surface area contributed by atoms with Crippen LogP contribution in [0.25, 0.3) is 0 Å². The van der Waals surface area contributed by atoms with Crippen molar-refractivity contribution in [3.63, 3.8) is 0 Å². The second-order valence-corrected chi connectivity index (χ2v) is 5.01. The Balaban J connectivity index is 1.85. The Kier molecular flexibility index (Phi) is 4.03. The van der Waals surface area contributed by atoms with Crippen LogP contribution in [0.1, 0.15) is 23.3 Å². The minimum absolute atomic E-state index is 0.0400. The Morgan fingerprint density at radius 1 is 1.48 bits per heavy atom. The van der Waals surface area contributed by atoms with E-state index in [1.807, 2.05) is 0 Å². The maximum absolute atomic E-state index is 11.6. The molecular weight excluding hydrogens is 270 g/mol. The van der Waals surface area contributed by atoms with Crippen LogP contribution >= 0.6 is 0 Å². The van der Waals surface area contributed by atoms with Crippen molar-refractivity contribution in [3.8, 4) is 0 Å². The molecule has 110 valence electrons. The fraction of sp³-hybridized carbons (Fsp3) is 0.429. The molecular formula is C14H17N5O2. The molecule has 0 spiro atoms. The van der Waals surface area contributed by atoms with Crippen LogP contribution in [0.15, 0.2) is 29.5 Å². The number of nitrogens with zero attached hydrogens (tertiary/aromatic N) is 4. The van der Waals surface area contributed by atoms with E-state index in [9.17, 15) is 4.79 Å². The van der Waals surface area contributed by atoms with E-state index in [1.165, 1.54) is 6.07 Å². The zero-order valence-corrected chi connectivity index (χ0v) is 11.8. The third-order valence-corrected chi connectivity index (χ3v) is 3.44. The van der Waals surface area contributed by atoms with Crippen LogP contribution in [0, 0.1) is 6.92 Å². The Bertz CT molecular complexity index is 658. The minimum atomic E-state index is -0.137. The highest BCUT2D eigenvalue weighted by atomic mass is 16.5. The zero-order chi connectivity index (χ0) is 14.7. The first-order valence-corrected chi connectivity index (χ1v) is 6.87. The molecule has 3 heterocycles. The van der Waals surface area contributed by atoms with Crippen molar-refractivity contribution < 1.29 is 4.74 Å². The van der Waals surface area contributed by atoms with Gasteiger partial charge in [-0.3, -0.25) is 19.7 Å². The normalized spacial score (nSPS) is 19.6. The summed E-state index contributed by atoms with van der Waals surface area (Å²) in [4.78, 5) is 29.3. The molecule has 21 heavy (non-hydrogen) atoms. The smallest absolute Gasteiger partial charge is 0.251 e. The molecule has 0 saturated carbocycles. The molecule has 0 radical (unpaired) electrons. The molecule has 0 bridgehead atoms. The van der Waals surface area contributed by atoms with Gasteiger partial charge in [0.25, 0.3) is 5.56 Å². The third-order valence-electron chi connectivity index (χ3n) is 3.44. The SMILES string of the molecule is Cc1nc([C@H]2COCCN2Cc2cnccn2)cc(=O)[nH]1. The van der Waals surface area contributed by atoms with Gasteiger partial charge in [0.1, 0.15) is 5.82 Å². The summed E-state index contributed by atoms with van der Waals surface area (Å²) in [5.74, 6) is 0.613. The predicted octanol–water partition coefficient (Wildman–Crippen LogP) is 0.442. The standard InChI is InChI=1S/C14H17N5O2/c1-10-17-12(6-14(20)18-10)13-9-21-5-4-19(13)8-11-7-15-2-3-16-11/h2-3,6-7,13H,4-5,8-9H2,1H3,(H,17,18,20)/t13-/m1/s1. The van der Waals surface area contributed by atoms with E-state index in [4.69, 9.17) is 4.74 Å². The van der Waals surface area contributed by atoms with Gasteiger partial charge in [-0.25, -0.2) is 4.98 Å². The molecule has 2 aromatic heterocycles. The van der Waals surface area contributed by atoms with Gasteiger partial charge in [0.2, 0.25) is 0 Å². The Hall–Kier alpha value is -2.12. The molecule has 1 fully saturated rings. The monoisotopic (exact) mass is 287 g/mol. The average Bonchev–Trinajstić information content (AvgIpc) is 2.48. The lowest BCUT2D eigenvalue weighted by Crippen LogP contribution is -2.40. The molecule has 0 aliphatic carbocycles. The molecule has 3 rings (SSSR count). The third kappa shape index (κ3) is 3.32. The lowest BCUT2D eigenvalue weighted by Gasteiger charge is -2.34. The molecule has 7 heteroatoms. The molecule has 0 unspecified atom stereocenters. The van der Waals surface area contributed by atoms with Gasteiger partial charge in [0.15, 0.2) is 0 Å². The number of ether oxygens (including phenoxy) is 1. The number of H-pyrrole nitrogens is 1.